The molecule has 266 valence electrons. The third-order valence-electron chi connectivity index (χ3n) is 11.2. The molecule has 0 saturated heterocycles. The van der Waals surface area contributed by atoms with E-state index in [9.17, 15) is 0 Å². The maximum Gasteiger partial charge on any atom is 0.184 e. The fraction of sp³-hybridized carbons (Fsp3) is 0.0392. The van der Waals surface area contributed by atoms with Crippen molar-refractivity contribution in [1.29, 1.82) is 0 Å². The lowest BCUT2D eigenvalue weighted by Gasteiger charge is -2.33. The van der Waals surface area contributed by atoms with E-state index in [1.807, 2.05) is 0 Å². The Morgan fingerprint density at radius 1 is 0.446 bits per heavy atom. The van der Waals surface area contributed by atoms with Gasteiger partial charge in [0.25, 0.3) is 0 Å². The highest BCUT2D eigenvalue weighted by molar-refractivity contribution is 6.31. The quantitative estimate of drug-likeness (QED) is 0.180. The van der Waals surface area contributed by atoms with E-state index in [1.165, 1.54) is 43.7 Å². The van der Waals surface area contributed by atoms with E-state index >= 15 is 0 Å². The lowest BCUT2D eigenvalue weighted by Crippen LogP contribution is -2.46. The number of aliphatic imine (C=N–C) groups is 1. The van der Waals surface area contributed by atoms with Crippen LogP contribution in [0, 0.1) is 0 Å². The van der Waals surface area contributed by atoms with Crippen molar-refractivity contribution in [2.75, 3.05) is 0 Å². The van der Waals surface area contributed by atoms with Gasteiger partial charge >= 0.3 is 0 Å². The summed E-state index contributed by atoms with van der Waals surface area (Å²) in [5.41, 5.74) is 12.6. The molecule has 0 aliphatic carbocycles. The highest BCUT2D eigenvalue weighted by Gasteiger charge is 2.30. The van der Waals surface area contributed by atoms with Crippen molar-refractivity contribution in [3.05, 3.63) is 211 Å². The second kappa shape index (κ2) is 13.3. The van der Waals surface area contributed by atoms with Crippen molar-refractivity contribution in [3.63, 3.8) is 0 Å². The van der Waals surface area contributed by atoms with Crippen molar-refractivity contribution < 1.29 is 0 Å². The third kappa shape index (κ3) is 5.24. The standard InChI is InChI=1S/C51H37N5/c1-5-18-34(19-6-1)37-24-17-25-38(32-37)42-33-45-46(47-41-29-14-15-30-43(41)55(48(42)47)39-26-11-4-12-27-39)40-28-13-16-31-44(40)56(45)51-53-49(35-20-7-2-8-21-35)52-50(54-51)36-22-9-3-10-23-36/h1-33,49,51,53H,(H,52,54). The van der Waals surface area contributed by atoms with Crippen molar-refractivity contribution >= 4 is 49.4 Å². The first-order valence-electron chi connectivity index (χ1n) is 19.2. The van der Waals surface area contributed by atoms with E-state index in [2.05, 4.69) is 220 Å². The molecule has 1 aliphatic rings. The van der Waals surface area contributed by atoms with Gasteiger partial charge in [0.1, 0.15) is 12.0 Å². The Balaban J connectivity index is 1.27. The van der Waals surface area contributed by atoms with Crippen LogP contribution in [0.15, 0.2) is 205 Å². The summed E-state index contributed by atoms with van der Waals surface area (Å²) in [6, 6.07) is 71.6. The Morgan fingerprint density at radius 3 is 1.75 bits per heavy atom. The molecule has 0 saturated carbocycles. The van der Waals surface area contributed by atoms with E-state index in [-0.39, 0.29) is 6.17 Å². The fourth-order valence-corrected chi connectivity index (χ4v) is 8.70. The van der Waals surface area contributed by atoms with Gasteiger partial charge in [-0.05, 0) is 58.7 Å². The van der Waals surface area contributed by atoms with Crippen LogP contribution in [0.3, 0.4) is 0 Å². The number of amidine groups is 1. The molecular weight excluding hydrogens is 683 g/mol. The number of benzene rings is 8. The molecule has 2 unspecified atom stereocenters. The number of aromatic nitrogens is 2. The molecule has 3 heterocycles. The minimum atomic E-state index is -0.414. The van der Waals surface area contributed by atoms with E-state index in [0.717, 1.165) is 44.8 Å². The minimum absolute atomic E-state index is 0.170. The number of rotatable bonds is 6. The van der Waals surface area contributed by atoms with Crippen molar-refractivity contribution in [2.24, 2.45) is 4.99 Å². The molecule has 8 aromatic carbocycles. The molecule has 2 N–H and O–H groups in total. The number of nitrogens with one attached hydrogen (secondary N) is 2. The lowest BCUT2D eigenvalue weighted by molar-refractivity contribution is 0.341. The Morgan fingerprint density at radius 2 is 1.02 bits per heavy atom. The number of fused-ring (bicyclic) bond motifs is 7. The molecule has 5 heteroatoms. The van der Waals surface area contributed by atoms with Crippen LogP contribution in [0.25, 0.3) is 71.6 Å². The maximum atomic E-state index is 5.47. The first-order chi connectivity index (χ1) is 27.8. The number of hydrogen-bond acceptors (Lipinski definition) is 3. The Labute approximate surface area is 324 Å². The summed E-state index contributed by atoms with van der Waals surface area (Å²) in [5, 5.41) is 12.5. The monoisotopic (exact) mass is 719 g/mol. The molecule has 0 spiro atoms. The Hall–Kier alpha value is -7.21. The van der Waals surface area contributed by atoms with Gasteiger partial charge in [-0.2, -0.15) is 0 Å². The van der Waals surface area contributed by atoms with Crippen molar-refractivity contribution in [2.45, 2.75) is 12.5 Å². The zero-order chi connectivity index (χ0) is 37.0. The number of nitrogens with zero attached hydrogens (tertiary/aromatic N) is 3. The predicted molar refractivity (Wildman–Crippen MR) is 232 cm³/mol. The Bertz CT molecular complexity index is 3070. The SMILES string of the molecule is c1ccc(C2=NC(n3c4ccccc4c4c5c6ccccc6n(-c6ccccc6)c5c(-c5cccc(-c6ccccc6)c5)cc43)NC(c3ccccc3)N2)cc1. The highest BCUT2D eigenvalue weighted by atomic mass is 15.4. The molecule has 10 aromatic rings. The van der Waals surface area contributed by atoms with Crippen molar-refractivity contribution in [3.8, 4) is 27.9 Å². The number of hydrogen-bond donors (Lipinski definition) is 2. The third-order valence-corrected chi connectivity index (χ3v) is 11.2. The maximum absolute atomic E-state index is 5.47. The van der Waals surface area contributed by atoms with E-state index < -0.39 is 6.29 Å². The molecule has 0 radical (unpaired) electrons. The first kappa shape index (κ1) is 32.2. The summed E-state index contributed by atoms with van der Waals surface area (Å²) >= 11 is 0. The molecule has 56 heavy (non-hydrogen) atoms. The molecule has 0 amide bonds. The second-order valence-corrected chi connectivity index (χ2v) is 14.4. The van der Waals surface area contributed by atoms with Crippen molar-refractivity contribution in [1.82, 2.24) is 19.8 Å². The summed E-state index contributed by atoms with van der Waals surface area (Å²) in [7, 11) is 0. The normalized spacial score (nSPS) is 15.7. The molecule has 5 nitrogen and oxygen atoms in total. The van der Waals surface area contributed by atoms with Gasteiger partial charge in [0.15, 0.2) is 6.29 Å². The summed E-state index contributed by atoms with van der Waals surface area (Å²) in [5.74, 6) is 0.853. The van der Waals surface area contributed by atoms with Crippen LogP contribution in [0.5, 0.6) is 0 Å². The van der Waals surface area contributed by atoms with Crippen LogP contribution in [0.1, 0.15) is 23.6 Å². The lowest BCUT2D eigenvalue weighted by atomic mass is 9.95. The fourth-order valence-electron chi connectivity index (χ4n) is 8.70. The largest absolute Gasteiger partial charge is 0.350 e. The van der Waals surface area contributed by atoms with E-state index in [4.69, 9.17) is 4.99 Å². The van der Waals surface area contributed by atoms with Gasteiger partial charge < -0.3 is 14.5 Å². The molecular formula is C51H37N5. The predicted octanol–water partition coefficient (Wildman–Crippen LogP) is 12.0. The zero-order valence-electron chi connectivity index (χ0n) is 30.5. The summed E-state index contributed by atoms with van der Waals surface area (Å²) in [6.07, 6.45) is -0.585. The molecule has 0 bridgehead atoms. The van der Waals surface area contributed by atoms with Crippen LogP contribution in [-0.4, -0.2) is 15.0 Å². The average molecular weight is 720 g/mol. The second-order valence-electron chi connectivity index (χ2n) is 14.4. The van der Waals surface area contributed by atoms with Crippen LogP contribution < -0.4 is 10.6 Å². The minimum Gasteiger partial charge on any atom is -0.350 e. The van der Waals surface area contributed by atoms with Gasteiger partial charge in [-0.3, -0.25) is 5.32 Å². The van der Waals surface area contributed by atoms with Crippen LogP contribution in [0.4, 0.5) is 0 Å². The van der Waals surface area contributed by atoms with Crippen LogP contribution >= 0.6 is 0 Å². The molecule has 2 aromatic heterocycles. The number of para-hydroxylation sites is 3. The van der Waals surface area contributed by atoms with Gasteiger partial charge in [0, 0.05) is 38.4 Å². The van der Waals surface area contributed by atoms with E-state index in [0.29, 0.717) is 0 Å². The topological polar surface area (TPSA) is 46.3 Å². The summed E-state index contributed by atoms with van der Waals surface area (Å²) in [4.78, 5) is 5.47. The molecule has 11 rings (SSSR count). The Kier molecular flexibility index (Phi) is 7.64. The molecule has 0 fully saturated rings. The molecule has 1 aliphatic heterocycles. The summed E-state index contributed by atoms with van der Waals surface area (Å²) < 4.78 is 4.88. The van der Waals surface area contributed by atoms with Gasteiger partial charge in [0.2, 0.25) is 0 Å². The zero-order valence-corrected chi connectivity index (χ0v) is 30.5. The van der Waals surface area contributed by atoms with Crippen LogP contribution in [-0.2, 0) is 0 Å². The average Bonchev–Trinajstić information content (AvgIpc) is 3.80. The van der Waals surface area contributed by atoms with Gasteiger partial charge in [-0.1, -0.05) is 164 Å². The van der Waals surface area contributed by atoms with E-state index in [1.54, 1.807) is 0 Å². The van der Waals surface area contributed by atoms with Gasteiger partial charge in [-0.15, -0.1) is 0 Å². The van der Waals surface area contributed by atoms with Gasteiger partial charge in [-0.25, -0.2) is 4.99 Å². The first-order valence-corrected chi connectivity index (χ1v) is 19.2. The molecule has 2 atom stereocenters. The van der Waals surface area contributed by atoms with Crippen LogP contribution in [0.2, 0.25) is 0 Å². The van der Waals surface area contributed by atoms with Gasteiger partial charge in [0.05, 0.1) is 22.1 Å². The summed E-state index contributed by atoms with van der Waals surface area (Å²) in [6.45, 7) is 0. The smallest absolute Gasteiger partial charge is 0.184 e. The highest BCUT2D eigenvalue weighted by Crippen LogP contribution is 2.47.